The molecule has 22 heavy (non-hydrogen) atoms. The number of nitrogens with zero attached hydrogens (tertiary/aromatic N) is 2. The SMILES string of the molecule is CN1CC[C@](O)(c2cc(-c3cccc(B(O)O)c3)on2)C1=O. The van der Waals surface area contributed by atoms with Gasteiger partial charge in [-0.15, -0.1) is 0 Å². The van der Waals surface area contributed by atoms with Crippen LogP contribution in [-0.2, 0) is 10.4 Å². The number of hydrogen-bond donors (Lipinski definition) is 3. The second-order valence-corrected chi connectivity index (χ2v) is 5.41. The molecule has 1 saturated heterocycles. The minimum absolute atomic E-state index is 0.159. The molecule has 1 aromatic heterocycles. The molecule has 1 aliphatic rings. The minimum atomic E-state index is -1.66. The van der Waals surface area contributed by atoms with Gasteiger partial charge in [-0.3, -0.25) is 4.79 Å². The molecule has 2 aromatic rings. The summed E-state index contributed by atoms with van der Waals surface area (Å²) in [5, 5.41) is 32.7. The van der Waals surface area contributed by atoms with E-state index in [9.17, 15) is 19.9 Å². The summed E-state index contributed by atoms with van der Waals surface area (Å²) in [7, 11) is 0.0320. The van der Waals surface area contributed by atoms with Crippen LogP contribution in [0.3, 0.4) is 0 Å². The smallest absolute Gasteiger partial charge is 0.423 e. The van der Waals surface area contributed by atoms with Crippen LogP contribution in [0.4, 0.5) is 0 Å². The Morgan fingerprint density at radius 1 is 1.36 bits per heavy atom. The van der Waals surface area contributed by atoms with E-state index in [1.165, 1.54) is 11.0 Å². The van der Waals surface area contributed by atoms with Crippen molar-refractivity contribution in [3.05, 3.63) is 36.0 Å². The third-order valence-electron chi connectivity index (χ3n) is 3.91. The maximum atomic E-state index is 12.0. The van der Waals surface area contributed by atoms with Crippen LogP contribution in [0.5, 0.6) is 0 Å². The second-order valence-electron chi connectivity index (χ2n) is 5.41. The molecule has 0 aliphatic carbocycles. The van der Waals surface area contributed by atoms with Gasteiger partial charge in [0.15, 0.2) is 11.4 Å². The second kappa shape index (κ2) is 5.24. The predicted molar refractivity (Wildman–Crippen MR) is 77.9 cm³/mol. The lowest BCUT2D eigenvalue weighted by molar-refractivity contribution is -0.143. The van der Waals surface area contributed by atoms with Gasteiger partial charge in [0, 0.05) is 31.6 Å². The van der Waals surface area contributed by atoms with Crippen molar-refractivity contribution < 1.29 is 24.5 Å². The molecule has 3 N–H and O–H groups in total. The Hall–Kier alpha value is -2.16. The summed E-state index contributed by atoms with van der Waals surface area (Å²) in [6, 6.07) is 7.97. The zero-order valence-electron chi connectivity index (χ0n) is 11.9. The molecular formula is C14H15BN2O5. The molecular weight excluding hydrogens is 287 g/mol. The molecule has 3 rings (SSSR count). The number of carbonyl (C=O) groups excluding carboxylic acids is 1. The fourth-order valence-electron chi connectivity index (χ4n) is 2.55. The summed E-state index contributed by atoms with van der Waals surface area (Å²) < 4.78 is 5.20. The highest BCUT2D eigenvalue weighted by Crippen LogP contribution is 2.33. The summed E-state index contributed by atoms with van der Waals surface area (Å²) in [6.07, 6.45) is 0.254. The summed E-state index contributed by atoms with van der Waals surface area (Å²) in [6.45, 7) is 0.448. The van der Waals surface area contributed by atoms with Gasteiger partial charge in [0.25, 0.3) is 5.91 Å². The average Bonchev–Trinajstić information content (AvgIpc) is 3.10. The van der Waals surface area contributed by atoms with Crippen LogP contribution in [0.1, 0.15) is 12.1 Å². The van der Waals surface area contributed by atoms with Gasteiger partial charge in [-0.1, -0.05) is 29.4 Å². The van der Waals surface area contributed by atoms with Gasteiger partial charge in [0.2, 0.25) is 0 Å². The molecule has 1 fully saturated rings. The number of hydrogen-bond acceptors (Lipinski definition) is 6. The Balaban J connectivity index is 1.95. The monoisotopic (exact) mass is 302 g/mol. The Kier molecular flexibility index (Phi) is 3.52. The van der Waals surface area contributed by atoms with Crippen LogP contribution < -0.4 is 5.46 Å². The number of benzene rings is 1. The van der Waals surface area contributed by atoms with Crippen LogP contribution in [-0.4, -0.2) is 51.8 Å². The Bertz CT molecular complexity index is 717. The third kappa shape index (κ3) is 2.31. The number of likely N-dealkylation sites (N-methyl/N-ethyl adjacent to an activating group) is 1. The predicted octanol–water partition coefficient (Wildman–Crippen LogP) is -0.929. The number of likely N-dealkylation sites (tertiary alicyclic amines) is 1. The lowest BCUT2D eigenvalue weighted by Crippen LogP contribution is -2.36. The van der Waals surface area contributed by atoms with E-state index in [1.807, 2.05) is 0 Å². The first-order valence-corrected chi connectivity index (χ1v) is 6.83. The van der Waals surface area contributed by atoms with Crippen molar-refractivity contribution in [2.45, 2.75) is 12.0 Å². The highest BCUT2D eigenvalue weighted by molar-refractivity contribution is 6.58. The van der Waals surface area contributed by atoms with Crippen molar-refractivity contribution in [3.8, 4) is 11.3 Å². The van der Waals surface area contributed by atoms with Crippen molar-refractivity contribution in [1.29, 1.82) is 0 Å². The largest absolute Gasteiger partial charge is 0.488 e. The van der Waals surface area contributed by atoms with Gasteiger partial charge >= 0.3 is 7.12 Å². The van der Waals surface area contributed by atoms with E-state index in [0.717, 1.165) is 0 Å². The van der Waals surface area contributed by atoms with Gasteiger partial charge in [-0.2, -0.15) is 0 Å². The van der Waals surface area contributed by atoms with E-state index in [1.54, 1.807) is 31.3 Å². The molecule has 1 atom stereocenters. The van der Waals surface area contributed by atoms with Crippen molar-refractivity contribution in [3.63, 3.8) is 0 Å². The Morgan fingerprint density at radius 2 is 2.14 bits per heavy atom. The molecule has 0 radical (unpaired) electrons. The first-order valence-electron chi connectivity index (χ1n) is 6.83. The number of carbonyl (C=O) groups is 1. The minimum Gasteiger partial charge on any atom is -0.423 e. The fourth-order valence-corrected chi connectivity index (χ4v) is 2.55. The lowest BCUT2D eigenvalue weighted by atomic mass is 9.79. The first-order chi connectivity index (χ1) is 10.4. The van der Waals surface area contributed by atoms with Gasteiger partial charge < -0.3 is 24.6 Å². The third-order valence-corrected chi connectivity index (χ3v) is 3.91. The quantitative estimate of drug-likeness (QED) is 0.633. The van der Waals surface area contributed by atoms with Crippen LogP contribution in [0, 0.1) is 0 Å². The van der Waals surface area contributed by atoms with Crippen LogP contribution >= 0.6 is 0 Å². The highest BCUT2D eigenvalue weighted by Gasteiger charge is 2.47. The van der Waals surface area contributed by atoms with Crippen LogP contribution in [0.2, 0.25) is 0 Å². The van der Waals surface area contributed by atoms with E-state index in [4.69, 9.17) is 4.52 Å². The van der Waals surface area contributed by atoms with Crippen LogP contribution in [0.15, 0.2) is 34.9 Å². The number of amides is 1. The molecule has 1 aliphatic heterocycles. The summed E-state index contributed by atoms with van der Waals surface area (Å²) >= 11 is 0. The summed E-state index contributed by atoms with van der Waals surface area (Å²) in [4.78, 5) is 13.5. The lowest BCUT2D eigenvalue weighted by Gasteiger charge is -2.16. The molecule has 1 aromatic carbocycles. The molecule has 0 saturated carbocycles. The molecule has 1 amide bonds. The number of aromatic nitrogens is 1. The molecule has 0 spiro atoms. The van der Waals surface area contributed by atoms with Crippen LogP contribution in [0.25, 0.3) is 11.3 Å². The molecule has 2 heterocycles. The van der Waals surface area contributed by atoms with Gasteiger partial charge in [0.1, 0.15) is 5.69 Å². The fraction of sp³-hybridized carbons (Fsp3) is 0.286. The maximum absolute atomic E-state index is 12.0. The van der Waals surface area contributed by atoms with E-state index in [2.05, 4.69) is 5.16 Å². The van der Waals surface area contributed by atoms with E-state index < -0.39 is 18.6 Å². The molecule has 0 bridgehead atoms. The summed E-state index contributed by atoms with van der Waals surface area (Å²) in [5.41, 5.74) is -0.616. The highest BCUT2D eigenvalue weighted by atomic mass is 16.5. The van der Waals surface area contributed by atoms with Crippen molar-refractivity contribution in [1.82, 2.24) is 10.1 Å². The standard InChI is InChI=1S/C14H15BN2O5/c1-17-6-5-14(19,13(17)18)12-8-11(22-16-12)9-3-2-4-10(7-9)15(20)21/h2-4,7-8,19-21H,5-6H2,1H3/t14-/m0/s1. The van der Waals surface area contributed by atoms with Crippen molar-refractivity contribution in [2.24, 2.45) is 0 Å². The normalized spacial score (nSPS) is 21.5. The van der Waals surface area contributed by atoms with E-state index in [-0.39, 0.29) is 12.1 Å². The van der Waals surface area contributed by atoms with E-state index in [0.29, 0.717) is 23.3 Å². The first kappa shape index (κ1) is 14.8. The van der Waals surface area contributed by atoms with Crippen molar-refractivity contribution >= 4 is 18.5 Å². The summed E-state index contributed by atoms with van der Waals surface area (Å²) in [5.74, 6) is -0.0693. The van der Waals surface area contributed by atoms with Gasteiger partial charge in [-0.05, 0) is 5.46 Å². The molecule has 7 nitrogen and oxygen atoms in total. The molecule has 114 valence electrons. The van der Waals surface area contributed by atoms with Gasteiger partial charge in [-0.25, -0.2) is 0 Å². The van der Waals surface area contributed by atoms with Gasteiger partial charge in [0.05, 0.1) is 0 Å². The Morgan fingerprint density at radius 3 is 2.77 bits per heavy atom. The van der Waals surface area contributed by atoms with Crippen molar-refractivity contribution in [2.75, 3.05) is 13.6 Å². The number of aliphatic hydroxyl groups is 1. The zero-order chi connectivity index (χ0) is 15.9. The maximum Gasteiger partial charge on any atom is 0.488 e. The molecule has 0 unspecified atom stereocenters. The van der Waals surface area contributed by atoms with E-state index >= 15 is 0 Å². The molecule has 8 heteroatoms. The number of rotatable bonds is 3. The topological polar surface area (TPSA) is 107 Å². The zero-order valence-corrected chi connectivity index (χ0v) is 11.9. The average molecular weight is 302 g/mol. The Labute approximate surface area is 126 Å².